The van der Waals surface area contributed by atoms with E-state index in [2.05, 4.69) is 12.7 Å². The molecule has 0 aromatic heterocycles. The van der Waals surface area contributed by atoms with E-state index in [0.717, 1.165) is 18.4 Å². The monoisotopic (exact) mass is 290 g/mol. The van der Waals surface area contributed by atoms with Gasteiger partial charge in [-0.15, -0.1) is 0 Å². The van der Waals surface area contributed by atoms with Gasteiger partial charge >= 0.3 is 11.9 Å². The highest BCUT2D eigenvalue weighted by Crippen LogP contribution is 2.36. The van der Waals surface area contributed by atoms with Crippen LogP contribution in [-0.2, 0) is 19.1 Å². The Morgan fingerprint density at radius 1 is 1.38 bits per heavy atom. The van der Waals surface area contributed by atoms with Crippen LogP contribution in [0.5, 0.6) is 0 Å². The molecule has 0 bridgehead atoms. The Morgan fingerprint density at radius 2 is 2.10 bits per heavy atom. The molecule has 1 saturated heterocycles. The Bertz CT molecular complexity index is 527. The summed E-state index contributed by atoms with van der Waals surface area (Å²) in [6.45, 7) is 9.27. The predicted octanol–water partition coefficient (Wildman–Crippen LogP) is 3.09. The van der Waals surface area contributed by atoms with Crippen LogP contribution in [0.4, 0.5) is 0 Å². The Balaban J connectivity index is 2.39. The fourth-order valence-electron chi connectivity index (χ4n) is 2.95. The van der Waals surface area contributed by atoms with E-state index in [-0.39, 0.29) is 18.0 Å². The zero-order valence-electron chi connectivity index (χ0n) is 12.8. The summed E-state index contributed by atoms with van der Waals surface area (Å²) in [6, 6.07) is 0. The van der Waals surface area contributed by atoms with Crippen molar-refractivity contribution >= 4 is 11.9 Å². The van der Waals surface area contributed by atoms with Gasteiger partial charge in [0.15, 0.2) is 0 Å². The third-order valence-corrected chi connectivity index (χ3v) is 3.98. The van der Waals surface area contributed by atoms with E-state index in [0.29, 0.717) is 12.0 Å². The lowest BCUT2D eigenvalue weighted by atomic mass is 9.85. The molecule has 2 aliphatic rings. The number of hydrogen-bond acceptors (Lipinski definition) is 4. The van der Waals surface area contributed by atoms with E-state index < -0.39 is 12.1 Å². The van der Waals surface area contributed by atoms with Crippen molar-refractivity contribution in [2.45, 2.75) is 52.2 Å². The van der Waals surface area contributed by atoms with Crippen LogP contribution in [-0.4, -0.2) is 24.1 Å². The number of carbonyl (C=O) groups is 2. The molecule has 4 nitrogen and oxygen atoms in total. The third-order valence-electron chi connectivity index (χ3n) is 3.98. The zero-order chi connectivity index (χ0) is 15.6. The normalized spacial score (nSPS) is 34.9. The molecule has 0 aromatic carbocycles. The molecule has 4 heteroatoms. The SMILES string of the molecule is C=C1C(=O)O[C@@H]2/C=C(/C)CC/C=C(\C)C[C@@H](OC(C)=O)[C@H]12. The first kappa shape index (κ1) is 15.5. The van der Waals surface area contributed by atoms with E-state index in [1.165, 1.54) is 12.5 Å². The smallest absolute Gasteiger partial charge is 0.334 e. The summed E-state index contributed by atoms with van der Waals surface area (Å²) in [4.78, 5) is 23.2. The number of carbonyl (C=O) groups excluding carboxylic acids is 2. The Kier molecular flexibility index (Phi) is 4.66. The first-order valence-electron chi connectivity index (χ1n) is 7.28. The van der Waals surface area contributed by atoms with Crippen LogP contribution in [0.15, 0.2) is 35.5 Å². The van der Waals surface area contributed by atoms with Gasteiger partial charge in [0.1, 0.15) is 12.2 Å². The number of fused-ring (bicyclic) bond motifs is 1. The topological polar surface area (TPSA) is 52.6 Å². The lowest BCUT2D eigenvalue weighted by molar-refractivity contribution is -0.149. The van der Waals surface area contributed by atoms with Crippen LogP contribution in [0, 0.1) is 5.92 Å². The highest BCUT2D eigenvalue weighted by atomic mass is 16.6. The fraction of sp³-hybridized carbons (Fsp3) is 0.529. The Morgan fingerprint density at radius 3 is 2.76 bits per heavy atom. The van der Waals surface area contributed by atoms with Crippen LogP contribution in [0.25, 0.3) is 0 Å². The van der Waals surface area contributed by atoms with Crippen molar-refractivity contribution in [2.24, 2.45) is 5.92 Å². The van der Waals surface area contributed by atoms with E-state index in [4.69, 9.17) is 9.47 Å². The van der Waals surface area contributed by atoms with E-state index in [1.54, 1.807) is 0 Å². The lowest BCUT2D eigenvalue weighted by Gasteiger charge is -2.26. The minimum absolute atomic E-state index is 0.308. The van der Waals surface area contributed by atoms with Crippen LogP contribution in [0.1, 0.15) is 40.0 Å². The number of rotatable bonds is 1. The Labute approximate surface area is 125 Å². The average Bonchev–Trinajstić information content (AvgIpc) is 2.62. The van der Waals surface area contributed by atoms with Gasteiger partial charge in [-0.25, -0.2) is 4.79 Å². The average molecular weight is 290 g/mol. The molecular formula is C17H22O4. The van der Waals surface area contributed by atoms with Crippen LogP contribution >= 0.6 is 0 Å². The van der Waals surface area contributed by atoms with Gasteiger partial charge in [-0.2, -0.15) is 0 Å². The molecule has 0 spiro atoms. The highest BCUT2D eigenvalue weighted by Gasteiger charge is 2.44. The minimum atomic E-state index is -0.412. The summed E-state index contributed by atoms with van der Waals surface area (Å²) in [7, 11) is 0. The second-order valence-corrected chi connectivity index (χ2v) is 5.88. The van der Waals surface area contributed by atoms with E-state index >= 15 is 0 Å². The summed E-state index contributed by atoms with van der Waals surface area (Å²) < 4.78 is 10.9. The second-order valence-electron chi connectivity index (χ2n) is 5.88. The number of hydrogen-bond donors (Lipinski definition) is 0. The molecule has 1 aliphatic heterocycles. The summed E-state index contributed by atoms with van der Waals surface area (Å²) in [5, 5.41) is 0. The van der Waals surface area contributed by atoms with Crippen LogP contribution in [0.3, 0.4) is 0 Å². The van der Waals surface area contributed by atoms with Gasteiger partial charge in [0.05, 0.1) is 5.92 Å². The van der Waals surface area contributed by atoms with Crippen molar-refractivity contribution in [2.75, 3.05) is 0 Å². The number of allylic oxidation sites excluding steroid dienone is 2. The van der Waals surface area contributed by atoms with Gasteiger partial charge < -0.3 is 9.47 Å². The molecule has 114 valence electrons. The van der Waals surface area contributed by atoms with Gasteiger partial charge in [0.25, 0.3) is 0 Å². The van der Waals surface area contributed by atoms with Crippen molar-refractivity contribution < 1.29 is 19.1 Å². The zero-order valence-corrected chi connectivity index (χ0v) is 12.8. The molecule has 0 amide bonds. The maximum atomic E-state index is 11.9. The van der Waals surface area contributed by atoms with Gasteiger partial charge in [-0.1, -0.05) is 23.8 Å². The van der Waals surface area contributed by atoms with E-state index in [9.17, 15) is 9.59 Å². The van der Waals surface area contributed by atoms with Gasteiger partial charge in [-0.05, 0) is 32.8 Å². The van der Waals surface area contributed by atoms with Crippen molar-refractivity contribution in [1.82, 2.24) is 0 Å². The molecule has 3 atom stereocenters. The molecule has 0 radical (unpaired) electrons. The maximum Gasteiger partial charge on any atom is 0.334 e. The molecule has 1 heterocycles. The first-order chi connectivity index (χ1) is 9.88. The molecule has 1 fully saturated rings. The summed E-state index contributed by atoms with van der Waals surface area (Å²) in [5.41, 5.74) is 2.71. The van der Waals surface area contributed by atoms with Gasteiger partial charge in [0.2, 0.25) is 0 Å². The third kappa shape index (κ3) is 3.63. The molecule has 2 rings (SSSR count). The second kappa shape index (κ2) is 6.29. The maximum absolute atomic E-state index is 11.9. The van der Waals surface area contributed by atoms with E-state index in [1.807, 2.05) is 19.9 Å². The van der Waals surface area contributed by atoms with Crippen molar-refractivity contribution in [3.8, 4) is 0 Å². The first-order valence-corrected chi connectivity index (χ1v) is 7.28. The van der Waals surface area contributed by atoms with Crippen molar-refractivity contribution in [3.05, 3.63) is 35.5 Å². The predicted molar refractivity (Wildman–Crippen MR) is 79.4 cm³/mol. The fourth-order valence-corrected chi connectivity index (χ4v) is 2.95. The molecule has 21 heavy (non-hydrogen) atoms. The molecule has 1 aliphatic carbocycles. The molecule has 0 aromatic rings. The van der Waals surface area contributed by atoms with Crippen LogP contribution in [0.2, 0.25) is 0 Å². The molecule has 0 N–H and O–H groups in total. The van der Waals surface area contributed by atoms with Crippen molar-refractivity contribution in [1.29, 1.82) is 0 Å². The summed E-state index contributed by atoms with van der Waals surface area (Å²) in [6.07, 6.45) is 5.80. The summed E-state index contributed by atoms with van der Waals surface area (Å²) in [5.74, 6) is -1.05. The highest BCUT2D eigenvalue weighted by molar-refractivity contribution is 5.91. The number of esters is 2. The van der Waals surface area contributed by atoms with Crippen molar-refractivity contribution in [3.63, 3.8) is 0 Å². The van der Waals surface area contributed by atoms with Gasteiger partial charge in [-0.3, -0.25) is 4.79 Å². The molecule has 0 saturated carbocycles. The standard InChI is InChI=1S/C17H22O4/c1-10-6-5-7-11(2)9-15-16(12(3)17(19)21-15)14(8-10)20-13(4)18/h6,9,14-16H,3,5,7-8H2,1-2,4H3/b10-6+,11-9-/t14-,15-,16+/m1/s1. The number of ether oxygens (including phenoxy) is 2. The molecule has 0 unspecified atom stereocenters. The molecular weight excluding hydrogens is 268 g/mol. The summed E-state index contributed by atoms with van der Waals surface area (Å²) >= 11 is 0. The largest absolute Gasteiger partial charge is 0.461 e. The minimum Gasteiger partial charge on any atom is -0.461 e. The quantitative estimate of drug-likeness (QED) is 0.423. The van der Waals surface area contributed by atoms with Crippen LogP contribution < -0.4 is 0 Å². The Hall–Kier alpha value is -1.84. The van der Waals surface area contributed by atoms with Gasteiger partial charge in [0, 0.05) is 18.9 Å². The lowest BCUT2D eigenvalue weighted by Crippen LogP contribution is -2.32.